The van der Waals surface area contributed by atoms with Gasteiger partial charge in [-0.05, 0) is 57.0 Å². The SMILES string of the molecule is C[C@@H]1CCCN1CCCOc1ccc(-c2ccc(=O)[nH]n2)cc1F. The quantitative estimate of drug-likeness (QED) is 0.827. The zero-order valence-electron chi connectivity index (χ0n) is 13.8. The Balaban J connectivity index is 1.55. The van der Waals surface area contributed by atoms with Crippen molar-refractivity contribution in [2.24, 2.45) is 0 Å². The van der Waals surface area contributed by atoms with Crippen molar-refractivity contribution in [1.29, 1.82) is 0 Å². The van der Waals surface area contributed by atoms with E-state index in [1.54, 1.807) is 18.2 Å². The van der Waals surface area contributed by atoms with E-state index >= 15 is 0 Å². The summed E-state index contributed by atoms with van der Waals surface area (Å²) in [6, 6.07) is 8.29. The molecule has 1 aliphatic heterocycles. The van der Waals surface area contributed by atoms with Crippen LogP contribution in [0.1, 0.15) is 26.2 Å². The van der Waals surface area contributed by atoms with Crippen LogP contribution in [0.15, 0.2) is 35.1 Å². The first kappa shape index (κ1) is 16.6. The largest absolute Gasteiger partial charge is 0.490 e. The van der Waals surface area contributed by atoms with Crippen molar-refractivity contribution in [3.63, 3.8) is 0 Å². The van der Waals surface area contributed by atoms with E-state index in [-0.39, 0.29) is 11.3 Å². The van der Waals surface area contributed by atoms with Crippen molar-refractivity contribution in [1.82, 2.24) is 15.1 Å². The Labute approximate surface area is 140 Å². The lowest BCUT2D eigenvalue weighted by molar-refractivity contribution is 0.226. The third-order valence-electron chi connectivity index (χ3n) is 4.44. The van der Waals surface area contributed by atoms with Gasteiger partial charge in [-0.25, -0.2) is 9.49 Å². The summed E-state index contributed by atoms with van der Waals surface area (Å²) in [4.78, 5) is 13.5. The minimum Gasteiger partial charge on any atom is -0.490 e. The van der Waals surface area contributed by atoms with Crippen LogP contribution < -0.4 is 10.3 Å². The van der Waals surface area contributed by atoms with E-state index < -0.39 is 5.82 Å². The molecule has 128 valence electrons. The number of hydrogen-bond donors (Lipinski definition) is 1. The highest BCUT2D eigenvalue weighted by Crippen LogP contribution is 2.24. The maximum Gasteiger partial charge on any atom is 0.264 e. The first-order valence-corrected chi connectivity index (χ1v) is 8.36. The number of likely N-dealkylation sites (tertiary alicyclic amines) is 1. The predicted molar refractivity (Wildman–Crippen MR) is 90.6 cm³/mol. The smallest absolute Gasteiger partial charge is 0.264 e. The molecule has 1 aromatic carbocycles. The summed E-state index contributed by atoms with van der Waals surface area (Å²) in [7, 11) is 0. The standard InChI is InChI=1S/C18H22FN3O2/c1-13-4-2-9-22(13)10-3-11-24-17-7-5-14(12-15(17)19)16-6-8-18(23)21-20-16/h5-8,12-13H,2-4,9-11H2,1H3,(H,21,23)/t13-/m1/s1. The maximum absolute atomic E-state index is 14.2. The first-order valence-electron chi connectivity index (χ1n) is 8.36. The number of rotatable bonds is 6. The van der Waals surface area contributed by atoms with Crippen molar-refractivity contribution in [2.45, 2.75) is 32.2 Å². The Kier molecular flexibility index (Phi) is 5.25. The fourth-order valence-corrected chi connectivity index (χ4v) is 3.06. The zero-order valence-corrected chi connectivity index (χ0v) is 13.8. The van der Waals surface area contributed by atoms with Gasteiger partial charge in [0.05, 0.1) is 12.3 Å². The van der Waals surface area contributed by atoms with Gasteiger partial charge in [-0.15, -0.1) is 0 Å². The molecule has 0 saturated carbocycles. The molecule has 0 spiro atoms. The lowest BCUT2D eigenvalue weighted by Gasteiger charge is -2.20. The Morgan fingerprint density at radius 3 is 2.92 bits per heavy atom. The highest BCUT2D eigenvalue weighted by Gasteiger charge is 2.19. The molecule has 1 N–H and O–H groups in total. The van der Waals surface area contributed by atoms with Gasteiger partial charge in [-0.2, -0.15) is 5.10 Å². The summed E-state index contributed by atoms with van der Waals surface area (Å²) in [6.07, 6.45) is 3.40. The average Bonchev–Trinajstić information content (AvgIpc) is 2.98. The summed E-state index contributed by atoms with van der Waals surface area (Å²) in [5, 5.41) is 6.24. The van der Waals surface area contributed by atoms with E-state index in [4.69, 9.17) is 4.74 Å². The summed E-state index contributed by atoms with van der Waals surface area (Å²) in [6.45, 7) is 4.88. The molecule has 6 heteroatoms. The fraction of sp³-hybridized carbons (Fsp3) is 0.444. The lowest BCUT2D eigenvalue weighted by atomic mass is 10.1. The van der Waals surface area contributed by atoms with Crippen LogP contribution in [0.25, 0.3) is 11.3 Å². The van der Waals surface area contributed by atoms with Crippen LogP contribution in [0.4, 0.5) is 4.39 Å². The molecule has 2 heterocycles. The number of H-pyrrole nitrogens is 1. The molecule has 0 radical (unpaired) electrons. The molecule has 24 heavy (non-hydrogen) atoms. The Bertz CT molecular complexity index is 727. The molecule has 1 atom stereocenters. The van der Waals surface area contributed by atoms with Gasteiger partial charge in [0.2, 0.25) is 0 Å². The molecule has 5 nitrogen and oxygen atoms in total. The van der Waals surface area contributed by atoms with Crippen LogP contribution >= 0.6 is 0 Å². The van der Waals surface area contributed by atoms with Crippen molar-refractivity contribution in [2.75, 3.05) is 19.7 Å². The number of halogens is 1. The first-order chi connectivity index (χ1) is 11.6. The number of nitrogens with zero attached hydrogens (tertiary/aromatic N) is 2. The molecule has 1 aliphatic rings. The van der Waals surface area contributed by atoms with Gasteiger partial charge in [-0.1, -0.05) is 0 Å². The minimum atomic E-state index is -0.421. The second kappa shape index (κ2) is 7.57. The van der Waals surface area contributed by atoms with Gasteiger partial charge < -0.3 is 9.64 Å². The van der Waals surface area contributed by atoms with Crippen LogP contribution in [0.5, 0.6) is 5.75 Å². The number of nitrogens with one attached hydrogen (secondary N) is 1. The molecule has 1 fully saturated rings. The predicted octanol–water partition coefficient (Wildman–Crippen LogP) is 2.83. The molecular weight excluding hydrogens is 309 g/mol. The molecule has 0 amide bonds. The number of aromatic nitrogens is 2. The van der Waals surface area contributed by atoms with Crippen molar-refractivity contribution in [3.8, 4) is 17.0 Å². The van der Waals surface area contributed by atoms with Gasteiger partial charge >= 0.3 is 0 Å². The molecule has 1 saturated heterocycles. The van der Waals surface area contributed by atoms with Crippen molar-refractivity contribution >= 4 is 0 Å². The molecule has 0 aliphatic carbocycles. The van der Waals surface area contributed by atoms with Gasteiger partial charge in [-0.3, -0.25) is 4.79 Å². The Morgan fingerprint density at radius 2 is 2.25 bits per heavy atom. The van der Waals surface area contributed by atoms with E-state index in [0.717, 1.165) is 19.5 Å². The Morgan fingerprint density at radius 1 is 1.38 bits per heavy atom. The van der Waals surface area contributed by atoms with Crippen LogP contribution in [0.2, 0.25) is 0 Å². The van der Waals surface area contributed by atoms with Gasteiger partial charge in [0.15, 0.2) is 11.6 Å². The maximum atomic E-state index is 14.2. The van der Waals surface area contributed by atoms with Crippen molar-refractivity contribution in [3.05, 3.63) is 46.5 Å². The van der Waals surface area contributed by atoms with E-state index in [1.165, 1.54) is 25.0 Å². The number of aromatic amines is 1. The van der Waals surface area contributed by atoms with E-state index in [1.807, 2.05) is 0 Å². The summed E-state index contributed by atoms with van der Waals surface area (Å²) in [5.41, 5.74) is 0.830. The van der Waals surface area contributed by atoms with Crippen LogP contribution in [-0.4, -0.2) is 40.8 Å². The molecule has 1 aromatic heterocycles. The highest BCUT2D eigenvalue weighted by molar-refractivity contribution is 5.59. The van der Waals surface area contributed by atoms with E-state index in [2.05, 4.69) is 22.0 Å². The van der Waals surface area contributed by atoms with Gasteiger partial charge in [0.25, 0.3) is 5.56 Å². The van der Waals surface area contributed by atoms with Crippen molar-refractivity contribution < 1.29 is 9.13 Å². The average molecular weight is 331 g/mol. The van der Waals surface area contributed by atoms with E-state index in [9.17, 15) is 9.18 Å². The summed E-state index contributed by atoms with van der Waals surface area (Å²) >= 11 is 0. The Hall–Kier alpha value is -2.21. The van der Waals surface area contributed by atoms with E-state index in [0.29, 0.717) is 23.9 Å². The second-order valence-electron chi connectivity index (χ2n) is 6.18. The molecule has 0 bridgehead atoms. The third-order valence-corrected chi connectivity index (χ3v) is 4.44. The number of hydrogen-bond acceptors (Lipinski definition) is 4. The molecular formula is C18H22FN3O2. The molecule has 2 aromatic rings. The second-order valence-corrected chi connectivity index (χ2v) is 6.18. The van der Waals surface area contributed by atoms with Gasteiger partial charge in [0.1, 0.15) is 0 Å². The van der Waals surface area contributed by atoms with Crippen LogP contribution in [0, 0.1) is 5.82 Å². The summed E-state index contributed by atoms with van der Waals surface area (Å²) in [5.74, 6) is -0.173. The number of ether oxygens (including phenoxy) is 1. The highest BCUT2D eigenvalue weighted by atomic mass is 19.1. The normalized spacial score (nSPS) is 18.0. The molecule has 3 rings (SSSR count). The number of benzene rings is 1. The fourth-order valence-electron chi connectivity index (χ4n) is 3.06. The zero-order chi connectivity index (χ0) is 16.9. The van der Waals surface area contributed by atoms with Crippen LogP contribution in [0.3, 0.4) is 0 Å². The molecule has 0 unspecified atom stereocenters. The lowest BCUT2D eigenvalue weighted by Crippen LogP contribution is -2.28. The topological polar surface area (TPSA) is 58.2 Å². The van der Waals surface area contributed by atoms with Crippen LogP contribution in [-0.2, 0) is 0 Å². The summed E-state index contributed by atoms with van der Waals surface area (Å²) < 4.78 is 19.7. The minimum absolute atomic E-state index is 0.248. The third kappa shape index (κ3) is 4.00. The van der Waals surface area contributed by atoms with Gasteiger partial charge in [0, 0.05) is 24.2 Å². The monoisotopic (exact) mass is 331 g/mol.